The number of halogens is 4. The summed E-state index contributed by atoms with van der Waals surface area (Å²) in [5.74, 6) is -0.394. The van der Waals surface area contributed by atoms with Crippen molar-refractivity contribution in [3.8, 4) is 5.75 Å². The Balaban J connectivity index is 2.23. The van der Waals surface area contributed by atoms with Gasteiger partial charge in [-0.15, -0.1) is 13.2 Å². The summed E-state index contributed by atoms with van der Waals surface area (Å²) in [6.45, 7) is 0. The number of methoxy groups -OCH3 is 1. The standard InChI is InChI=1S/C11H10ClF3O2/c1-16-10(4-5-10)7-2-3-9(8(12)6-7)17-11(13,14)15/h2-3,6H,4-5H2,1H3. The number of rotatable bonds is 3. The minimum atomic E-state index is -4.73. The Labute approximate surface area is 101 Å². The van der Waals surface area contributed by atoms with Crippen molar-refractivity contribution in [2.75, 3.05) is 7.11 Å². The fraction of sp³-hybridized carbons (Fsp3) is 0.455. The summed E-state index contributed by atoms with van der Waals surface area (Å²) in [4.78, 5) is 0. The number of benzene rings is 1. The smallest absolute Gasteiger partial charge is 0.404 e. The lowest BCUT2D eigenvalue weighted by molar-refractivity contribution is -0.274. The van der Waals surface area contributed by atoms with Crippen LogP contribution in [0, 0.1) is 0 Å². The van der Waals surface area contributed by atoms with Gasteiger partial charge in [0.25, 0.3) is 0 Å². The van der Waals surface area contributed by atoms with Gasteiger partial charge in [0.05, 0.1) is 10.6 Å². The fourth-order valence-corrected chi connectivity index (χ4v) is 1.93. The van der Waals surface area contributed by atoms with Crippen LogP contribution in [0.1, 0.15) is 18.4 Å². The van der Waals surface area contributed by atoms with Crippen LogP contribution in [-0.4, -0.2) is 13.5 Å². The van der Waals surface area contributed by atoms with Crippen LogP contribution in [0.25, 0.3) is 0 Å². The molecule has 1 fully saturated rings. The van der Waals surface area contributed by atoms with Gasteiger partial charge in [-0.1, -0.05) is 17.7 Å². The Hall–Kier alpha value is -0.940. The van der Waals surface area contributed by atoms with E-state index in [2.05, 4.69) is 4.74 Å². The van der Waals surface area contributed by atoms with Crippen molar-refractivity contribution in [1.29, 1.82) is 0 Å². The van der Waals surface area contributed by atoms with Crippen molar-refractivity contribution in [2.45, 2.75) is 24.8 Å². The Kier molecular flexibility index (Phi) is 2.99. The zero-order chi connectivity index (χ0) is 12.7. The second-order valence-electron chi connectivity index (χ2n) is 3.89. The molecule has 0 atom stereocenters. The third kappa shape index (κ3) is 2.66. The van der Waals surface area contributed by atoms with Gasteiger partial charge in [0, 0.05) is 7.11 Å². The molecule has 0 aliphatic heterocycles. The zero-order valence-corrected chi connectivity index (χ0v) is 9.73. The first kappa shape index (κ1) is 12.5. The Morgan fingerprint density at radius 1 is 1.29 bits per heavy atom. The summed E-state index contributed by atoms with van der Waals surface area (Å²) in [7, 11) is 1.57. The van der Waals surface area contributed by atoms with Crippen molar-refractivity contribution in [3.63, 3.8) is 0 Å². The third-order valence-corrected chi connectivity index (χ3v) is 3.07. The molecule has 0 bridgehead atoms. The molecule has 0 aromatic heterocycles. The molecule has 1 aromatic carbocycles. The van der Waals surface area contributed by atoms with Gasteiger partial charge in [-0.05, 0) is 30.5 Å². The summed E-state index contributed by atoms with van der Waals surface area (Å²) in [6.07, 6.45) is -3.04. The molecule has 1 aliphatic carbocycles. The molecule has 0 N–H and O–H groups in total. The van der Waals surface area contributed by atoms with Gasteiger partial charge in [0.2, 0.25) is 0 Å². The third-order valence-electron chi connectivity index (χ3n) is 2.78. The second kappa shape index (κ2) is 4.07. The predicted molar refractivity (Wildman–Crippen MR) is 56.1 cm³/mol. The van der Waals surface area contributed by atoms with Gasteiger partial charge in [-0.2, -0.15) is 0 Å². The van der Waals surface area contributed by atoms with Crippen LogP contribution in [-0.2, 0) is 10.3 Å². The second-order valence-corrected chi connectivity index (χ2v) is 4.30. The maximum Gasteiger partial charge on any atom is 0.573 e. The highest BCUT2D eigenvalue weighted by atomic mass is 35.5. The van der Waals surface area contributed by atoms with E-state index in [9.17, 15) is 13.2 Å². The molecule has 0 unspecified atom stereocenters. The maximum absolute atomic E-state index is 12.0. The zero-order valence-electron chi connectivity index (χ0n) is 8.97. The summed E-state index contributed by atoms with van der Waals surface area (Å²) < 4.78 is 45.2. The first-order valence-electron chi connectivity index (χ1n) is 4.97. The van der Waals surface area contributed by atoms with Gasteiger partial charge in [0.1, 0.15) is 5.75 Å². The average molecular weight is 267 g/mol. The van der Waals surface area contributed by atoms with E-state index in [4.69, 9.17) is 16.3 Å². The topological polar surface area (TPSA) is 18.5 Å². The SMILES string of the molecule is COC1(c2ccc(OC(F)(F)F)c(Cl)c2)CC1. The number of hydrogen-bond acceptors (Lipinski definition) is 2. The molecular formula is C11H10ClF3O2. The summed E-state index contributed by atoms with van der Waals surface area (Å²) in [5.41, 5.74) is 0.403. The minimum Gasteiger partial charge on any atom is -0.404 e. The van der Waals surface area contributed by atoms with Crippen molar-refractivity contribution in [3.05, 3.63) is 28.8 Å². The molecule has 2 rings (SSSR count). The fourth-order valence-electron chi connectivity index (χ4n) is 1.72. The minimum absolute atomic E-state index is 0.0665. The quantitative estimate of drug-likeness (QED) is 0.827. The molecule has 1 aromatic rings. The van der Waals surface area contributed by atoms with Crippen LogP contribution in [0.3, 0.4) is 0 Å². The molecule has 1 saturated carbocycles. The van der Waals surface area contributed by atoms with Crippen molar-refractivity contribution < 1.29 is 22.6 Å². The molecule has 94 valence electrons. The van der Waals surface area contributed by atoms with Crippen LogP contribution >= 0.6 is 11.6 Å². The van der Waals surface area contributed by atoms with Gasteiger partial charge >= 0.3 is 6.36 Å². The first-order chi connectivity index (χ1) is 7.86. The Morgan fingerprint density at radius 2 is 1.94 bits per heavy atom. The summed E-state index contributed by atoms with van der Waals surface area (Å²) in [5, 5.41) is -0.0665. The average Bonchev–Trinajstić information content (AvgIpc) is 3.00. The van der Waals surface area contributed by atoms with Crippen LogP contribution in [0.2, 0.25) is 5.02 Å². The monoisotopic (exact) mass is 266 g/mol. The first-order valence-corrected chi connectivity index (χ1v) is 5.35. The van der Waals surface area contributed by atoms with E-state index in [-0.39, 0.29) is 10.6 Å². The van der Waals surface area contributed by atoms with E-state index >= 15 is 0 Å². The molecule has 0 saturated heterocycles. The molecule has 0 spiro atoms. The molecule has 1 aliphatic rings. The molecule has 0 radical (unpaired) electrons. The lowest BCUT2D eigenvalue weighted by Gasteiger charge is -2.16. The van der Waals surface area contributed by atoms with Gasteiger partial charge < -0.3 is 9.47 Å². The van der Waals surface area contributed by atoms with Gasteiger partial charge in [-0.3, -0.25) is 0 Å². The normalized spacial score (nSPS) is 17.9. The Bertz CT molecular complexity index is 427. The van der Waals surface area contributed by atoms with E-state index in [1.807, 2.05) is 0 Å². The maximum atomic E-state index is 12.0. The van der Waals surface area contributed by atoms with Crippen molar-refractivity contribution in [2.24, 2.45) is 0 Å². The van der Waals surface area contributed by atoms with Crippen LogP contribution in [0.4, 0.5) is 13.2 Å². The molecule has 0 amide bonds. The Morgan fingerprint density at radius 3 is 2.35 bits per heavy atom. The van der Waals surface area contributed by atoms with Gasteiger partial charge in [0.15, 0.2) is 0 Å². The largest absolute Gasteiger partial charge is 0.573 e. The number of hydrogen-bond donors (Lipinski definition) is 0. The highest BCUT2D eigenvalue weighted by molar-refractivity contribution is 6.32. The van der Waals surface area contributed by atoms with Crippen molar-refractivity contribution >= 4 is 11.6 Å². The highest BCUT2D eigenvalue weighted by Crippen LogP contribution is 2.50. The van der Waals surface area contributed by atoms with Crippen LogP contribution in [0.5, 0.6) is 5.75 Å². The van der Waals surface area contributed by atoms with E-state index in [0.717, 1.165) is 18.4 Å². The van der Waals surface area contributed by atoms with E-state index < -0.39 is 12.1 Å². The molecule has 2 nitrogen and oxygen atoms in total. The van der Waals surface area contributed by atoms with Crippen LogP contribution in [0.15, 0.2) is 18.2 Å². The summed E-state index contributed by atoms with van der Waals surface area (Å²) in [6, 6.07) is 4.22. The molecule has 17 heavy (non-hydrogen) atoms. The van der Waals surface area contributed by atoms with Crippen molar-refractivity contribution in [1.82, 2.24) is 0 Å². The van der Waals surface area contributed by atoms with E-state index in [1.54, 1.807) is 13.2 Å². The molecule has 0 heterocycles. The lowest BCUT2D eigenvalue weighted by Crippen LogP contribution is -2.17. The lowest BCUT2D eigenvalue weighted by atomic mass is 10.1. The van der Waals surface area contributed by atoms with E-state index in [0.29, 0.717) is 0 Å². The molecule has 6 heteroatoms. The van der Waals surface area contributed by atoms with Crippen LogP contribution < -0.4 is 4.74 Å². The number of ether oxygens (including phenoxy) is 2. The summed E-state index contributed by atoms with van der Waals surface area (Å²) >= 11 is 5.75. The number of alkyl halides is 3. The highest BCUT2D eigenvalue weighted by Gasteiger charge is 2.45. The van der Waals surface area contributed by atoms with E-state index in [1.165, 1.54) is 12.1 Å². The molecular weight excluding hydrogens is 257 g/mol. The van der Waals surface area contributed by atoms with Gasteiger partial charge in [-0.25, -0.2) is 0 Å². The predicted octanol–water partition coefficient (Wildman–Crippen LogP) is 3.87.